The van der Waals surface area contributed by atoms with Crippen LogP contribution in [0.3, 0.4) is 0 Å². The molecule has 1 aromatic rings. The predicted octanol–water partition coefficient (Wildman–Crippen LogP) is 3.36. The topological polar surface area (TPSA) is 21.3 Å². The minimum atomic E-state index is -0.292. The van der Waals surface area contributed by atoms with E-state index in [1.54, 1.807) is 6.07 Å². The molecule has 1 aliphatic rings. The SMILES string of the molecule is CC(C)(Oc1cc(F)ccc1Br)C1CCNC1. The van der Waals surface area contributed by atoms with Gasteiger partial charge in [0.2, 0.25) is 0 Å². The third-order valence-electron chi connectivity index (χ3n) is 3.31. The van der Waals surface area contributed by atoms with Crippen LogP contribution in [0.4, 0.5) is 4.39 Å². The average molecular weight is 302 g/mol. The van der Waals surface area contributed by atoms with Crippen LogP contribution in [0.15, 0.2) is 22.7 Å². The van der Waals surface area contributed by atoms with Gasteiger partial charge >= 0.3 is 0 Å². The third kappa shape index (κ3) is 2.99. The van der Waals surface area contributed by atoms with E-state index in [1.807, 2.05) is 0 Å². The van der Waals surface area contributed by atoms with Gasteiger partial charge < -0.3 is 10.1 Å². The fraction of sp³-hybridized carbons (Fsp3) is 0.538. The second-order valence-electron chi connectivity index (χ2n) is 4.97. The zero-order chi connectivity index (χ0) is 12.5. The van der Waals surface area contributed by atoms with Crippen molar-refractivity contribution in [2.24, 2.45) is 5.92 Å². The summed E-state index contributed by atoms with van der Waals surface area (Å²) in [5.74, 6) is 0.753. The maximum Gasteiger partial charge on any atom is 0.137 e. The number of nitrogens with one attached hydrogen (secondary N) is 1. The number of hydrogen-bond donors (Lipinski definition) is 1. The molecule has 1 atom stereocenters. The largest absolute Gasteiger partial charge is 0.486 e. The molecule has 0 saturated carbocycles. The average Bonchev–Trinajstić information content (AvgIpc) is 2.77. The molecule has 1 saturated heterocycles. The standard InChI is InChI=1S/C13H17BrFNO/c1-13(2,9-5-6-16-8-9)17-12-7-10(15)3-4-11(12)14/h3-4,7,9,16H,5-6,8H2,1-2H3. The molecule has 94 valence electrons. The Morgan fingerprint density at radius 1 is 1.47 bits per heavy atom. The van der Waals surface area contributed by atoms with E-state index in [4.69, 9.17) is 4.74 Å². The van der Waals surface area contributed by atoms with Crippen LogP contribution in [0.1, 0.15) is 20.3 Å². The van der Waals surface area contributed by atoms with Crippen molar-refractivity contribution in [2.45, 2.75) is 25.9 Å². The van der Waals surface area contributed by atoms with Crippen LogP contribution < -0.4 is 10.1 Å². The Labute approximate surface area is 110 Å². The molecule has 1 N–H and O–H groups in total. The lowest BCUT2D eigenvalue weighted by Crippen LogP contribution is -2.38. The number of ether oxygens (including phenoxy) is 1. The van der Waals surface area contributed by atoms with Gasteiger partial charge in [-0.05, 0) is 54.9 Å². The Balaban J connectivity index is 2.15. The molecule has 0 radical (unpaired) electrons. The second kappa shape index (κ2) is 4.94. The molecule has 0 aromatic heterocycles. The van der Waals surface area contributed by atoms with Crippen molar-refractivity contribution in [1.29, 1.82) is 0 Å². The Kier molecular flexibility index (Phi) is 3.73. The lowest BCUT2D eigenvalue weighted by atomic mass is 9.90. The van der Waals surface area contributed by atoms with E-state index in [-0.39, 0.29) is 11.4 Å². The highest BCUT2D eigenvalue weighted by Crippen LogP contribution is 2.33. The first-order chi connectivity index (χ1) is 7.99. The van der Waals surface area contributed by atoms with Crippen LogP contribution in [-0.2, 0) is 0 Å². The zero-order valence-electron chi connectivity index (χ0n) is 10.1. The van der Waals surface area contributed by atoms with E-state index in [0.717, 1.165) is 24.0 Å². The van der Waals surface area contributed by atoms with E-state index < -0.39 is 0 Å². The maximum atomic E-state index is 13.2. The first kappa shape index (κ1) is 12.8. The minimum Gasteiger partial charge on any atom is -0.486 e. The summed E-state index contributed by atoms with van der Waals surface area (Å²) in [6.07, 6.45) is 1.10. The Hall–Kier alpha value is -0.610. The van der Waals surface area contributed by atoms with Crippen molar-refractivity contribution in [3.05, 3.63) is 28.5 Å². The van der Waals surface area contributed by atoms with Crippen molar-refractivity contribution in [3.63, 3.8) is 0 Å². The summed E-state index contributed by atoms with van der Waals surface area (Å²) < 4.78 is 19.9. The molecule has 0 aliphatic carbocycles. The van der Waals surface area contributed by atoms with Gasteiger partial charge in [0.1, 0.15) is 17.2 Å². The fourth-order valence-electron chi connectivity index (χ4n) is 2.17. The molecule has 1 aromatic carbocycles. The molecule has 1 aliphatic heterocycles. The highest BCUT2D eigenvalue weighted by atomic mass is 79.9. The van der Waals surface area contributed by atoms with Crippen molar-refractivity contribution in [2.75, 3.05) is 13.1 Å². The summed E-state index contributed by atoms with van der Waals surface area (Å²) in [4.78, 5) is 0. The van der Waals surface area contributed by atoms with E-state index in [1.165, 1.54) is 12.1 Å². The van der Waals surface area contributed by atoms with Crippen LogP contribution in [0, 0.1) is 11.7 Å². The van der Waals surface area contributed by atoms with Gasteiger partial charge in [-0.15, -0.1) is 0 Å². The summed E-state index contributed by atoms with van der Waals surface area (Å²) in [5.41, 5.74) is -0.292. The molecule has 0 amide bonds. The lowest BCUT2D eigenvalue weighted by molar-refractivity contribution is 0.0513. The highest BCUT2D eigenvalue weighted by Gasteiger charge is 2.34. The summed E-state index contributed by atoms with van der Waals surface area (Å²) in [6, 6.07) is 4.52. The van der Waals surface area contributed by atoms with Gasteiger partial charge in [-0.1, -0.05) is 0 Å². The summed E-state index contributed by atoms with van der Waals surface area (Å²) in [5, 5.41) is 3.32. The van der Waals surface area contributed by atoms with Crippen LogP contribution >= 0.6 is 15.9 Å². The first-order valence-corrected chi connectivity index (χ1v) is 6.63. The molecule has 0 spiro atoms. The highest BCUT2D eigenvalue weighted by molar-refractivity contribution is 9.10. The summed E-state index contributed by atoms with van der Waals surface area (Å²) >= 11 is 3.38. The number of halogens is 2. The Morgan fingerprint density at radius 2 is 2.24 bits per heavy atom. The molecular weight excluding hydrogens is 285 g/mol. The predicted molar refractivity (Wildman–Crippen MR) is 69.8 cm³/mol. The van der Waals surface area contributed by atoms with Gasteiger partial charge in [-0.25, -0.2) is 4.39 Å². The Morgan fingerprint density at radius 3 is 2.88 bits per heavy atom. The fourth-order valence-corrected chi connectivity index (χ4v) is 2.50. The molecule has 2 rings (SSSR count). The molecule has 1 fully saturated rings. The molecule has 4 heteroatoms. The van der Waals surface area contributed by atoms with E-state index in [0.29, 0.717) is 11.7 Å². The monoisotopic (exact) mass is 301 g/mol. The summed E-state index contributed by atoms with van der Waals surface area (Å²) in [6.45, 7) is 6.10. The van der Waals surface area contributed by atoms with Crippen molar-refractivity contribution in [3.8, 4) is 5.75 Å². The summed E-state index contributed by atoms with van der Waals surface area (Å²) in [7, 11) is 0. The van der Waals surface area contributed by atoms with E-state index in [9.17, 15) is 4.39 Å². The lowest BCUT2D eigenvalue weighted by Gasteiger charge is -2.32. The first-order valence-electron chi connectivity index (χ1n) is 5.84. The maximum absolute atomic E-state index is 13.2. The molecule has 17 heavy (non-hydrogen) atoms. The van der Waals surface area contributed by atoms with Crippen molar-refractivity contribution >= 4 is 15.9 Å². The quantitative estimate of drug-likeness (QED) is 0.924. The van der Waals surface area contributed by atoms with Gasteiger partial charge in [-0.2, -0.15) is 0 Å². The molecule has 1 unspecified atom stereocenters. The van der Waals surface area contributed by atoms with Crippen LogP contribution in [-0.4, -0.2) is 18.7 Å². The number of benzene rings is 1. The van der Waals surface area contributed by atoms with Gasteiger partial charge in [-0.3, -0.25) is 0 Å². The third-order valence-corrected chi connectivity index (χ3v) is 3.96. The van der Waals surface area contributed by atoms with Crippen molar-refractivity contribution < 1.29 is 9.13 Å². The molecule has 0 bridgehead atoms. The van der Waals surface area contributed by atoms with Gasteiger partial charge in [0.15, 0.2) is 0 Å². The normalized spacial score (nSPS) is 20.6. The van der Waals surface area contributed by atoms with Gasteiger partial charge in [0.25, 0.3) is 0 Å². The smallest absolute Gasteiger partial charge is 0.137 e. The molecular formula is C13H17BrFNO. The second-order valence-corrected chi connectivity index (χ2v) is 5.82. The molecule has 1 heterocycles. The van der Waals surface area contributed by atoms with Gasteiger partial charge in [0, 0.05) is 18.5 Å². The van der Waals surface area contributed by atoms with E-state index in [2.05, 4.69) is 35.1 Å². The van der Waals surface area contributed by atoms with Gasteiger partial charge in [0.05, 0.1) is 4.47 Å². The zero-order valence-corrected chi connectivity index (χ0v) is 11.7. The Bertz CT molecular complexity index is 402. The van der Waals surface area contributed by atoms with Crippen molar-refractivity contribution in [1.82, 2.24) is 5.32 Å². The van der Waals surface area contributed by atoms with Crippen LogP contribution in [0.2, 0.25) is 0 Å². The molecule has 2 nitrogen and oxygen atoms in total. The number of rotatable bonds is 3. The van der Waals surface area contributed by atoms with Crippen LogP contribution in [0.5, 0.6) is 5.75 Å². The number of hydrogen-bond acceptors (Lipinski definition) is 2. The van der Waals surface area contributed by atoms with E-state index >= 15 is 0 Å². The minimum absolute atomic E-state index is 0.274. The van der Waals surface area contributed by atoms with Crippen LogP contribution in [0.25, 0.3) is 0 Å².